The number of hydrogen-bond acceptors (Lipinski definition) is 10. The summed E-state index contributed by atoms with van der Waals surface area (Å²) in [6.07, 6.45) is 0. The molecule has 4 atom stereocenters. The highest BCUT2D eigenvalue weighted by Gasteiger charge is 2.44. The monoisotopic (exact) mass is 460 g/mol. The lowest BCUT2D eigenvalue weighted by Gasteiger charge is -2.36. The average Bonchev–Trinajstić information content (AvgIpc) is 2.56. The third kappa shape index (κ3) is 7.02. The van der Waals surface area contributed by atoms with Crippen LogP contribution in [0.25, 0.3) is 0 Å². The number of aliphatic carboxylic acids is 4. The van der Waals surface area contributed by atoms with E-state index >= 15 is 0 Å². The number of nitrogens with zero attached hydrogens (tertiary/aromatic N) is 2. The van der Waals surface area contributed by atoms with Gasteiger partial charge in [0.25, 0.3) is 0 Å². The van der Waals surface area contributed by atoms with Crippen LogP contribution in [0.3, 0.4) is 0 Å². The van der Waals surface area contributed by atoms with Crippen LogP contribution in [0.1, 0.15) is 27.7 Å². The van der Waals surface area contributed by atoms with Gasteiger partial charge in [-0.15, -0.1) is 0 Å². The van der Waals surface area contributed by atoms with Crippen LogP contribution in [0.2, 0.25) is 0 Å². The third-order valence-corrected chi connectivity index (χ3v) is 4.42. The van der Waals surface area contributed by atoms with Crippen LogP contribution in [-0.2, 0) is 38.4 Å². The zero-order valence-electron chi connectivity index (χ0n) is 17.7. The van der Waals surface area contributed by atoms with Gasteiger partial charge in [0.15, 0.2) is 47.3 Å². The molecule has 14 heteroatoms. The molecule has 0 aromatic rings. The Morgan fingerprint density at radius 3 is 0.719 bits per heavy atom. The van der Waals surface area contributed by atoms with Crippen LogP contribution >= 0.6 is 0 Å². The first-order valence-electron chi connectivity index (χ1n) is 9.00. The summed E-state index contributed by atoms with van der Waals surface area (Å²) in [5.41, 5.74) is 0. The van der Waals surface area contributed by atoms with Gasteiger partial charge in [0.2, 0.25) is 0 Å². The molecule has 0 heterocycles. The van der Waals surface area contributed by atoms with E-state index < -0.39 is 84.3 Å². The highest BCUT2D eigenvalue weighted by Crippen LogP contribution is 2.15. The fraction of sp³-hybridized carbons (Fsp3) is 0.556. The number of rotatable bonds is 15. The van der Waals surface area contributed by atoms with Crippen LogP contribution in [-0.4, -0.2) is 114 Å². The topological polar surface area (TPSA) is 224 Å². The number of carboxylic acid groups (broad SMARTS) is 4. The van der Waals surface area contributed by atoms with Crippen molar-refractivity contribution in [3.8, 4) is 0 Å². The predicted octanol–water partition coefficient (Wildman–Crippen LogP) is -2.24. The molecule has 0 fully saturated rings. The molecular formula is C18H24N2O12. The molecule has 0 aliphatic carbocycles. The summed E-state index contributed by atoms with van der Waals surface area (Å²) in [5, 5.41) is 37.5. The first kappa shape index (κ1) is 28.5. The van der Waals surface area contributed by atoms with Crippen molar-refractivity contribution >= 4 is 47.0 Å². The highest BCUT2D eigenvalue weighted by molar-refractivity contribution is 6.06. The highest BCUT2D eigenvalue weighted by atomic mass is 16.4. The van der Waals surface area contributed by atoms with Crippen molar-refractivity contribution in [2.45, 2.75) is 51.9 Å². The Hall–Kier alpha value is -3.52. The van der Waals surface area contributed by atoms with Gasteiger partial charge in [-0.1, -0.05) is 0 Å². The summed E-state index contributed by atoms with van der Waals surface area (Å²) < 4.78 is 0. The molecule has 0 saturated carbocycles. The first-order chi connectivity index (χ1) is 14.6. The van der Waals surface area contributed by atoms with E-state index in [9.17, 15) is 58.8 Å². The largest absolute Gasteiger partial charge is 0.480 e. The molecule has 4 unspecified atom stereocenters. The zero-order valence-corrected chi connectivity index (χ0v) is 17.7. The lowest BCUT2D eigenvalue weighted by atomic mass is 10.0. The summed E-state index contributed by atoms with van der Waals surface area (Å²) in [6.45, 7) is 1.53. The molecule has 4 N–H and O–H groups in total. The van der Waals surface area contributed by atoms with Gasteiger partial charge in [0, 0.05) is 13.1 Å². The standard InChI is InChI=1S/C18H24N2O12/c1-7(21)11(15(25)26)19(12(8(2)22)16(27)28)5-6-20(13(9(3)23)17(29)30)14(10(4)24)18(31)32/h11-14H,5-6H2,1-4H3,(H,25,26)(H,27,28)(H,29,30)(H,31,32). The fourth-order valence-corrected chi connectivity index (χ4v) is 3.24. The maximum Gasteiger partial charge on any atom is 0.328 e. The van der Waals surface area contributed by atoms with E-state index in [1.807, 2.05) is 0 Å². The van der Waals surface area contributed by atoms with Crippen molar-refractivity contribution in [3.63, 3.8) is 0 Å². The molecule has 0 rings (SSSR count). The Labute approximate surface area is 181 Å². The molecule has 32 heavy (non-hydrogen) atoms. The number of ketones is 4. The molecule has 0 amide bonds. The van der Waals surface area contributed by atoms with Crippen LogP contribution in [0.4, 0.5) is 0 Å². The quantitative estimate of drug-likeness (QED) is 0.190. The number of hydrogen-bond donors (Lipinski definition) is 4. The van der Waals surface area contributed by atoms with E-state index in [1.54, 1.807) is 0 Å². The van der Waals surface area contributed by atoms with Crippen LogP contribution < -0.4 is 0 Å². The van der Waals surface area contributed by atoms with Gasteiger partial charge >= 0.3 is 23.9 Å². The van der Waals surface area contributed by atoms with Crippen LogP contribution in [0.5, 0.6) is 0 Å². The fourth-order valence-electron chi connectivity index (χ4n) is 3.24. The van der Waals surface area contributed by atoms with Gasteiger partial charge in [-0.3, -0.25) is 48.2 Å². The summed E-state index contributed by atoms with van der Waals surface area (Å²) >= 11 is 0. The van der Waals surface area contributed by atoms with E-state index in [0.29, 0.717) is 9.80 Å². The Balaban J connectivity index is 6.58. The number of carbonyl (C=O) groups excluding carboxylic acids is 4. The van der Waals surface area contributed by atoms with Gasteiger partial charge < -0.3 is 20.4 Å². The second-order valence-electron chi connectivity index (χ2n) is 6.88. The average molecular weight is 460 g/mol. The van der Waals surface area contributed by atoms with Gasteiger partial charge in [-0.05, 0) is 27.7 Å². The van der Waals surface area contributed by atoms with Crippen molar-refractivity contribution in [2.24, 2.45) is 0 Å². The summed E-state index contributed by atoms with van der Waals surface area (Å²) in [6, 6.07) is -8.66. The molecular weight excluding hydrogens is 436 g/mol. The minimum Gasteiger partial charge on any atom is -0.480 e. The van der Waals surface area contributed by atoms with Crippen molar-refractivity contribution in [1.29, 1.82) is 0 Å². The normalized spacial score (nSPS) is 14.8. The Bertz CT molecular complexity index is 648. The maximum atomic E-state index is 11.9. The molecule has 0 radical (unpaired) electrons. The molecule has 0 aromatic carbocycles. The summed E-state index contributed by atoms with van der Waals surface area (Å²) in [7, 11) is 0. The molecule has 0 aliphatic heterocycles. The molecule has 14 nitrogen and oxygen atoms in total. The number of Topliss-reactive ketones (excluding diaryl/α,β-unsaturated/α-hetero) is 4. The van der Waals surface area contributed by atoms with E-state index in [-0.39, 0.29) is 0 Å². The van der Waals surface area contributed by atoms with Gasteiger partial charge in [0.05, 0.1) is 0 Å². The van der Waals surface area contributed by atoms with Crippen molar-refractivity contribution in [1.82, 2.24) is 9.80 Å². The first-order valence-corrected chi connectivity index (χ1v) is 9.00. The predicted molar refractivity (Wildman–Crippen MR) is 102 cm³/mol. The summed E-state index contributed by atoms with van der Waals surface area (Å²) in [4.78, 5) is 94.8. The lowest BCUT2D eigenvalue weighted by Crippen LogP contribution is -2.61. The Kier molecular flexibility index (Phi) is 10.5. The number of carbonyl (C=O) groups is 8. The van der Waals surface area contributed by atoms with E-state index in [4.69, 9.17) is 0 Å². The minimum absolute atomic E-state index is 0.431. The minimum atomic E-state index is -2.16. The maximum absolute atomic E-state index is 11.9. The molecule has 0 saturated heterocycles. The van der Waals surface area contributed by atoms with Crippen LogP contribution in [0.15, 0.2) is 0 Å². The van der Waals surface area contributed by atoms with E-state index in [0.717, 1.165) is 27.7 Å². The second kappa shape index (κ2) is 11.8. The zero-order chi connectivity index (χ0) is 25.5. The van der Waals surface area contributed by atoms with Crippen molar-refractivity contribution < 1.29 is 58.8 Å². The molecule has 178 valence electrons. The number of carboxylic acids is 4. The van der Waals surface area contributed by atoms with E-state index in [1.165, 1.54) is 0 Å². The smallest absolute Gasteiger partial charge is 0.328 e. The SMILES string of the molecule is CC(=O)C(C(=O)O)N(CCN(C(C(C)=O)C(=O)O)C(C(C)=O)C(=O)O)C(C(C)=O)C(=O)O. The molecule has 0 bridgehead atoms. The Morgan fingerprint density at radius 1 is 0.469 bits per heavy atom. The van der Waals surface area contributed by atoms with Crippen LogP contribution in [0, 0.1) is 0 Å². The van der Waals surface area contributed by atoms with Crippen molar-refractivity contribution in [3.05, 3.63) is 0 Å². The molecule has 0 spiro atoms. The molecule has 0 aromatic heterocycles. The molecule has 0 aliphatic rings. The van der Waals surface area contributed by atoms with Gasteiger partial charge in [0.1, 0.15) is 0 Å². The lowest BCUT2D eigenvalue weighted by molar-refractivity contribution is -0.162. The third-order valence-electron chi connectivity index (χ3n) is 4.42. The summed E-state index contributed by atoms with van der Waals surface area (Å²) in [5.74, 6) is -11.6. The van der Waals surface area contributed by atoms with Gasteiger partial charge in [-0.25, -0.2) is 0 Å². The second-order valence-corrected chi connectivity index (χ2v) is 6.88. The van der Waals surface area contributed by atoms with Crippen molar-refractivity contribution in [2.75, 3.05) is 13.1 Å². The Morgan fingerprint density at radius 2 is 0.625 bits per heavy atom. The van der Waals surface area contributed by atoms with E-state index in [2.05, 4.69) is 0 Å². The van der Waals surface area contributed by atoms with Gasteiger partial charge in [-0.2, -0.15) is 0 Å².